The van der Waals surface area contributed by atoms with Gasteiger partial charge in [-0.3, -0.25) is 4.79 Å². The molecular formula is C16H25NO. The van der Waals surface area contributed by atoms with E-state index in [1.165, 1.54) is 5.56 Å². The Balaban J connectivity index is 0.000000771. The second kappa shape index (κ2) is 7.20. The maximum atomic E-state index is 11.7. The predicted octanol–water partition coefficient (Wildman–Crippen LogP) is 3.73. The van der Waals surface area contributed by atoms with Crippen LogP contribution >= 0.6 is 0 Å². The number of rotatable bonds is 2. The Kier molecular flexibility index (Phi) is 5.90. The molecule has 1 aromatic rings. The summed E-state index contributed by atoms with van der Waals surface area (Å²) in [6.45, 7) is 8.18. The summed E-state index contributed by atoms with van der Waals surface area (Å²) in [6.07, 6.45) is 1.91. The molecule has 0 radical (unpaired) electrons. The van der Waals surface area contributed by atoms with E-state index in [2.05, 4.69) is 43.4 Å². The molecular weight excluding hydrogens is 222 g/mol. The van der Waals surface area contributed by atoms with Crippen LogP contribution in [0, 0.1) is 5.92 Å². The third-order valence-electron chi connectivity index (χ3n) is 3.60. The molecule has 1 aliphatic heterocycles. The lowest BCUT2D eigenvalue weighted by Gasteiger charge is -2.34. The van der Waals surface area contributed by atoms with Crippen LogP contribution in [-0.2, 0) is 4.79 Å². The summed E-state index contributed by atoms with van der Waals surface area (Å²) < 4.78 is 0. The van der Waals surface area contributed by atoms with E-state index in [4.69, 9.17) is 0 Å². The third kappa shape index (κ3) is 3.34. The van der Waals surface area contributed by atoms with Crippen molar-refractivity contribution in [1.82, 2.24) is 5.32 Å². The fourth-order valence-corrected chi connectivity index (χ4v) is 2.54. The van der Waals surface area contributed by atoms with Gasteiger partial charge in [0.15, 0.2) is 0 Å². The molecule has 0 spiro atoms. The van der Waals surface area contributed by atoms with Crippen molar-refractivity contribution >= 4 is 5.91 Å². The summed E-state index contributed by atoms with van der Waals surface area (Å²) in [5, 5.41) is 3.09. The smallest absolute Gasteiger partial charge is 0.223 e. The standard InChI is InChI=1S/C14H19NO.C2H6/c1-3-11-9-13(10(2)15-14(11)16)12-7-5-4-6-8-12;1-2/h4-8,10-11,13H,3,9H2,1-2H3,(H,15,16);1-2H3/t10-,11?,13-;/m1./s1. The molecule has 100 valence electrons. The van der Waals surface area contributed by atoms with Gasteiger partial charge in [0.25, 0.3) is 0 Å². The van der Waals surface area contributed by atoms with E-state index in [1.807, 2.05) is 19.9 Å². The van der Waals surface area contributed by atoms with Gasteiger partial charge in [0, 0.05) is 17.9 Å². The molecule has 1 unspecified atom stereocenters. The molecule has 1 fully saturated rings. The fourth-order valence-electron chi connectivity index (χ4n) is 2.54. The van der Waals surface area contributed by atoms with Crippen LogP contribution in [-0.4, -0.2) is 11.9 Å². The molecule has 1 aliphatic rings. The molecule has 1 heterocycles. The highest BCUT2D eigenvalue weighted by atomic mass is 16.2. The van der Waals surface area contributed by atoms with E-state index in [1.54, 1.807) is 0 Å². The molecule has 1 aromatic carbocycles. The predicted molar refractivity (Wildman–Crippen MR) is 76.5 cm³/mol. The number of hydrogen-bond acceptors (Lipinski definition) is 1. The van der Waals surface area contributed by atoms with Gasteiger partial charge in [0.05, 0.1) is 0 Å². The van der Waals surface area contributed by atoms with E-state index in [0.717, 1.165) is 12.8 Å². The summed E-state index contributed by atoms with van der Waals surface area (Å²) in [4.78, 5) is 11.7. The van der Waals surface area contributed by atoms with Crippen molar-refractivity contribution in [2.45, 2.75) is 52.5 Å². The first-order valence-electron chi connectivity index (χ1n) is 7.07. The van der Waals surface area contributed by atoms with Crippen LogP contribution in [0.4, 0.5) is 0 Å². The first kappa shape index (κ1) is 14.7. The molecule has 3 atom stereocenters. The average Bonchev–Trinajstić information content (AvgIpc) is 2.42. The summed E-state index contributed by atoms with van der Waals surface area (Å²) in [5.74, 6) is 0.868. The van der Waals surface area contributed by atoms with Crippen molar-refractivity contribution in [2.24, 2.45) is 5.92 Å². The molecule has 2 heteroatoms. The number of piperidine rings is 1. The SMILES string of the molecule is CC.CCC1C[C@@H](c2ccccc2)[C@@H](C)NC1=O. The molecule has 2 rings (SSSR count). The molecule has 1 amide bonds. The van der Waals surface area contributed by atoms with Gasteiger partial charge >= 0.3 is 0 Å². The van der Waals surface area contributed by atoms with Gasteiger partial charge in [0.2, 0.25) is 5.91 Å². The van der Waals surface area contributed by atoms with Crippen molar-refractivity contribution in [3.05, 3.63) is 35.9 Å². The minimum atomic E-state index is 0.182. The van der Waals surface area contributed by atoms with Gasteiger partial charge in [-0.15, -0.1) is 0 Å². The Hall–Kier alpha value is -1.31. The Labute approximate surface area is 111 Å². The van der Waals surface area contributed by atoms with E-state index in [9.17, 15) is 4.79 Å². The molecule has 18 heavy (non-hydrogen) atoms. The topological polar surface area (TPSA) is 29.1 Å². The number of carbonyl (C=O) groups is 1. The third-order valence-corrected chi connectivity index (χ3v) is 3.60. The first-order valence-corrected chi connectivity index (χ1v) is 7.07. The first-order chi connectivity index (χ1) is 8.72. The Bertz CT molecular complexity index is 361. The highest BCUT2D eigenvalue weighted by molar-refractivity contribution is 5.80. The van der Waals surface area contributed by atoms with Crippen LogP contribution < -0.4 is 5.32 Å². The van der Waals surface area contributed by atoms with E-state index in [-0.39, 0.29) is 17.9 Å². The van der Waals surface area contributed by atoms with Crippen molar-refractivity contribution < 1.29 is 4.79 Å². The lowest BCUT2D eigenvalue weighted by atomic mass is 9.79. The second-order valence-corrected chi connectivity index (χ2v) is 4.66. The van der Waals surface area contributed by atoms with Gasteiger partial charge in [0.1, 0.15) is 0 Å². The van der Waals surface area contributed by atoms with Crippen molar-refractivity contribution in [1.29, 1.82) is 0 Å². The quantitative estimate of drug-likeness (QED) is 0.847. The zero-order chi connectivity index (χ0) is 13.5. The minimum absolute atomic E-state index is 0.182. The van der Waals surface area contributed by atoms with Crippen LogP contribution in [0.25, 0.3) is 0 Å². The van der Waals surface area contributed by atoms with Gasteiger partial charge in [-0.2, -0.15) is 0 Å². The lowest BCUT2D eigenvalue weighted by molar-refractivity contribution is -0.128. The fraction of sp³-hybridized carbons (Fsp3) is 0.562. The molecule has 0 aromatic heterocycles. The van der Waals surface area contributed by atoms with Crippen molar-refractivity contribution in [3.63, 3.8) is 0 Å². The van der Waals surface area contributed by atoms with Crippen molar-refractivity contribution in [2.75, 3.05) is 0 Å². The molecule has 1 N–H and O–H groups in total. The van der Waals surface area contributed by atoms with Crippen molar-refractivity contribution in [3.8, 4) is 0 Å². The Morgan fingerprint density at radius 2 is 1.83 bits per heavy atom. The van der Waals surface area contributed by atoms with E-state index >= 15 is 0 Å². The Morgan fingerprint density at radius 3 is 2.39 bits per heavy atom. The van der Waals surface area contributed by atoms with E-state index < -0.39 is 0 Å². The van der Waals surface area contributed by atoms with Crippen LogP contribution in [0.2, 0.25) is 0 Å². The summed E-state index contributed by atoms with van der Waals surface area (Å²) in [5.41, 5.74) is 1.34. The van der Waals surface area contributed by atoms with Crippen LogP contribution in [0.1, 0.15) is 52.0 Å². The van der Waals surface area contributed by atoms with E-state index in [0.29, 0.717) is 5.92 Å². The number of nitrogens with one attached hydrogen (secondary N) is 1. The highest BCUT2D eigenvalue weighted by Gasteiger charge is 2.32. The summed E-state index contributed by atoms with van der Waals surface area (Å²) in [7, 11) is 0. The number of hydrogen-bond donors (Lipinski definition) is 1. The molecule has 0 bridgehead atoms. The van der Waals surface area contributed by atoms with Crippen LogP contribution in [0.5, 0.6) is 0 Å². The largest absolute Gasteiger partial charge is 0.353 e. The van der Waals surface area contributed by atoms with Crippen LogP contribution in [0.15, 0.2) is 30.3 Å². The second-order valence-electron chi connectivity index (χ2n) is 4.66. The zero-order valence-electron chi connectivity index (χ0n) is 11.9. The number of carbonyl (C=O) groups excluding carboxylic acids is 1. The van der Waals surface area contributed by atoms with Crippen LogP contribution in [0.3, 0.4) is 0 Å². The molecule has 0 aliphatic carbocycles. The Morgan fingerprint density at radius 1 is 1.22 bits per heavy atom. The molecule has 0 saturated carbocycles. The summed E-state index contributed by atoms with van der Waals surface area (Å²) >= 11 is 0. The maximum Gasteiger partial charge on any atom is 0.223 e. The molecule has 1 saturated heterocycles. The van der Waals surface area contributed by atoms with Gasteiger partial charge < -0.3 is 5.32 Å². The molecule has 2 nitrogen and oxygen atoms in total. The lowest BCUT2D eigenvalue weighted by Crippen LogP contribution is -2.46. The van der Waals surface area contributed by atoms with Gasteiger partial charge in [-0.25, -0.2) is 0 Å². The van der Waals surface area contributed by atoms with Gasteiger partial charge in [-0.1, -0.05) is 51.1 Å². The normalized spacial score (nSPS) is 26.9. The number of benzene rings is 1. The maximum absolute atomic E-state index is 11.7. The minimum Gasteiger partial charge on any atom is -0.353 e. The average molecular weight is 247 g/mol. The van der Waals surface area contributed by atoms with Gasteiger partial charge in [-0.05, 0) is 25.3 Å². The number of amides is 1. The zero-order valence-corrected chi connectivity index (χ0v) is 11.9. The monoisotopic (exact) mass is 247 g/mol. The summed E-state index contributed by atoms with van der Waals surface area (Å²) in [6, 6.07) is 10.7. The highest BCUT2D eigenvalue weighted by Crippen LogP contribution is 2.32.